The Morgan fingerprint density at radius 1 is 1.12 bits per heavy atom. The molecular formula is C24H19Cl2NO5. The minimum atomic E-state index is -0.819. The molecule has 1 aliphatic heterocycles. The van der Waals surface area contributed by atoms with E-state index < -0.39 is 17.7 Å². The molecule has 1 atom stereocenters. The number of carbonyl (C=O) groups excluding carboxylic acids is 2. The lowest BCUT2D eigenvalue weighted by molar-refractivity contribution is -0.140. The fourth-order valence-corrected chi connectivity index (χ4v) is 4.52. The first-order valence-corrected chi connectivity index (χ1v) is 10.5. The summed E-state index contributed by atoms with van der Waals surface area (Å²) in [5.41, 5.74) is 1.73. The fourth-order valence-electron chi connectivity index (χ4n) is 3.88. The minimum Gasteiger partial charge on any atom is -0.507 e. The highest BCUT2D eigenvalue weighted by molar-refractivity contribution is 6.46. The lowest BCUT2D eigenvalue weighted by atomic mass is 9.92. The number of hydrogen-bond acceptors (Lipinski definition) is 5. The van der Waals surface area contributed by atoms with Gasteiger partial charge in [-0.25, -0.2) is 0 Å². The minimum absolute atomic E-state index is 0.0480. The van der Waals surface area contributed by atoms with Gasteiger partial charge in [-0.05, 0) is 42.3 Å². The van der Waals surface area contributed by atoms with Crippen LogP contribution in [0.4, 0.5) is 0 Å². The number of amides is 1. The first kappa shape index (κ1) is 22.0. The third-order valence-electron chi connectivity index (χ3n) is 5.41. The highest BCUT2D eigenvalue weighted by Crippen LogP contribution is 2.43. The van der Waals surface area contributed by atoms with Gasteiger partial charge in [0.25, 0.3) is 11.7 Å². The summed E-state index contributed by atoms with van der Waals surface area (Å²) in [6.45, 7) is 1.95. The Kier molecular flexibility index (Phi) is 6.00. The molecule has 3 aromatic rings. The molecule has 1 saturated heterocycles. The summed E-state index contributed by atoms with van der Waals surface area (Å²) in [6.07, 6.45) is 1.50. The first-order valence-electron chi connectivity index (χ1n) is 9.73. The van der Waals surface area contributed by atoms with Crippen LogP contribution in [0.15, 0.2) is 64.8 Å². The zero-order chi connectivity index (χ0) is 23.0. The zero-order valence-corrected chi connectivity index (χ0v) is 18.8. The van der Waals surface area contributed by atoms with Gasteiger partial charge in [0.1, 0.15) is 11.5 Å². The maximum Gasteiger partial charge on any atom is 0.296 e. The topological polar surface area (TPSA) is 80.0 Å². The number of Topliss-reactive ketones (excluding diaryl/α,β-unsaturated/α-hetero) is 1. The number of ketones is 1. The third-order valence-corrected chi connectivity index (χ3v) is 5.97. The Morgan fingerprint density at radius 3 is 2.41 bits per heavy atom. The van der Waals surface area contributed by atoms with E-state index in [1.165, 1.54) is 30.4 Å². The van der Waals surface area contributed by atoms with Gasteiger partial charge < -0.3 is 19.2 Å². The van der Waals surface area contributed by atoms with Crippen LogP contribution < -0.4 is 4.74 Å². The Bertz CT molecular complexity index is 1210. The molecule has 1 aliphatic rings. The molecule has 4 rings (SSSR count). The molecule has 1 unspecified atom stereocenters. The summed E-state index contributed by atoms with van der Waals surface area (Å²) in [7, 11) is 1.42. The Hall–Kier alpha value is -3.22. The molecule has 2 aromatic carbocycles. The number of aliphatic hydroxyl groups excluding tert-OH is 1. The van der Waals surface area contributed by atoms with Crippen molar-refractivity contribution in [3.63, 3.8) is 0 Å². The number of furan rings is 1. The highest BCUT2D eigenvalue weighted by atomic mass is 35.5. The molecule has 0 radical (unpaired) electrons. The summed E-state index contributed by atoms with van der Waals surface area (Å²) in [4.78, 5) is 27.5. The second-order valence-corrected chi connectivity index (χ2v) is 8.15. The van der Waals surface area contributed by atoms with Gasteiger partial charge in [-0.2, -0.15) is 0 Å². The number of halogens is 2. The summed E-state index contributed by atoms with van der Waals surface area (Å²) < 4.78 is 10.6. The average molecular weight is 472 g/mol. The SMILES string of the molecule is COc1c(Cl)cc(/C(O)=C2\C(=O)C(=O)N(Cc3ccco3)C2c2ccccc2C)cc1Cl. The Balaban J connectivity index is 1.91. The van der Waals surface area contributed by atoms with Gasteiger partial charge in [0.15, 0.2) is 5.75 Å². The molecule has 1 fully saturated rings. The van der Waals surface area contributed by atoms with Crippen molar-refractivity contribution in [2.45, 2.75) is 19.5 Å². The van der Waals surface area contributed by atoms with Gasteiger partial charge in [0, 0.05) is 5.56 Å². The lowest BCUT2D eigenvalue weighted by Gasteiger charge is -2.25. The molecule has 1 aromatic heterocycles. The summed E-state index contributed by atoms with van der Waals surface area (Å²) in [6, 6.07) is 12.9. The van der Waals surface area contributed by atoms with Crippen LogP contribution in [0.3, 0.4) is 0 Å². The first-order chi connectivity index (χ1) is 15.3. The van der Waals surface area contributed by atoms with E-state index in [9.17, 15) is 14.7 Å². The number of carbonyl (C=O) groups is 2. The molecule has 164 valence electrons. The Morgan fingerprint density at radius 2 is 1.81 bits per heavy atom. The van der Waals surface area contributed by atoms with Crippen LogP contribution in [-0.4, -0.2) is 28.8 Å². The van der Waals surface area contributed by atoms with Crippen molar-refractivity contribution in [3.05, 3.63) is 92.9 Å². The number of hydrogen-bond donors (Lipinski definition) is 1. The van der Waals surface area contributed by atoms with Crippen molar-refractivity contribution in [3.8, 4) is 5.75 Å². The largest absolute Gasteiger partial charge is 0.507 e. The molecule has 0 aliphatic carbocycles. The van der Waals surface area contributed by atoms with E-state index in [0.717, 1.165) is 5.56 Å². The van der Waals surface area contributed by atoms with Gasteiger partial charge >= 0.3 is 0 Å². The molecule has 1 N–H and O–H groups in total. The second-order valence-electron chi connectivity index (χ2n) is 7.34. The van der Waals surface area contributed by atoms with E-state index in [1.54, 1.807) is 12.1 Å². The molecule has 8 heteroatoms. The van der Waals surface area contributed by atoms with Crippen LogP contribution >= 0.6 is 23.2 Å². The fraction of sp³-hybridized carbons (Fsp3) is 0.167. The van der Waals surface area contributed by atoms with E-state index >= 15 is 0 Å². The number of rotatable bonds is 5. The molecule has 6 nitrogen and oxygen atoms in total. The van der Waals surface area contributed by atoms with Crippen molar-refractivity contribution in [1.29, 1.82) is 0 Å². The maximum absolute atomic E-state index is 13.1. The predicted molar refractivity (Wildman–Crippen MR) is 121 cm³/mol. The van der Waals surface area contributed by atoms with Crippen LogP contribution in [0.25, 0.3) is 5.76 Å². The number of methoxy groups -OCH3 is 1. The number of likely N-dealkylation sites (tertiary alicyclic amines) is 1. The monoisotopic (exact) mass is 471 g/mol. The van der Waals surface area contributed by atoms with Crippen molar-refractivity contribution in [2.75, 3.05) is 7.11 Å². The maximum atomic E-state index is 13.1. The van der Waals surface area contributed by atoms with Crippen molar-refractivity contribution in [1.82, 2.24) is 4.90 Å². The van der Waals surface area contributed by atoms with E-state index in [2.05, 4.69) is 0 Å². The normalized spacial score (nSPS) is 17.8. The van der Waals surface area contributed by atoms with Gasteiger partial charge in [0.2, 0.25) is 0 Å². The molecule has 2 heterocycles. The summed E-state index contributed by atoms with van der Waals surface area (Å²) >= 11 is 12.5. The second kappa shape index (κ2) is 8.73. The van der Waals surface area contributed by atoms with E-state index in [4.69, 9.17) is 32.4 Å². The average Bonchev–Trinajstić information content (AvgIpc) is 3.36. The smallest absolute Gasteiger partial charge is 0.296 e. The summed E-state index contributed by atoms with van der Waals surface area (Å²) in [5, 5.41) is 11.5. The quantitative estimate of drug-likeness (QED) is 0.300. The van der Waals surface area contributed by atoms with Crippen LogP contribution in [0, 0.1) is 6.92 Å². The van der Waals surface area contributed by atoms with Gasteiger partial charge in [0.05, 0.1) is 41.6 Å². The van der Waals surface area contributed by atoms with E-state index in [1.807, 2.05) is 31.2 Å². The van der Waals surface area contributed by atoms with E-state index in [-0.39, 0.29) is 39.2 Å². The number of aryl methyl sites for hydroxylation is 1. The molecule has 0 bridgehead atoms. The van der Waals surface area contributed by atoms with Crippen LogP contribution in [0.1, 0.15) is 28.5 Å². The third kappa shape index (κ3) is 3.76. The number of nitrogens with zero attached hydrogens (tertiary/aromatic N) is 1. The van der Waals surface area contributed by atoms with Gasteiger partial charge in [-0.1, -0.05) is 47.5 Å². The van der Waals surface area contributed by atoms with Crippen molar-refractivity contribution < 1.29 is 23.8 Å². The molecule has 0 saturated carbocycles. The Labute approximate surface area is 194 Å². The van der Waals surface area contributed by atoms with Crippen molar-refractivity contribution >= 4 is 40.7 Å². The molecule has 32 heavy (non-hydrogen) atoms. The standard InChI is InChI=1S/C24H19Cl2NO5/c1-13-6-3-4-8-16(13)20-19(21(28)14-10-17(25)23(31-2)18(26)11-14)22(29)24(30)27(20)12-15-7-5-9-32-15/h3-11,20,28H,12H2,1-2H3/b21-19+. The molecular weight excluding hydrogens is 453 g/mol. The van der Waals surface area contributed by atoms with E-state index in [0.29, 0.717) is 11.3 Å². The zero-order valence-electron chi connectivity index (χ0n) is 17.3. The van der Waals surface area contributed by atoms with Crippen LogP contribution in [0.2, 0.25) is 10.0 Å². The molecule has 0 spiro atoms. The van der Waals surface area contributed by atoms with Crippen molar-refractivity contribution in [2.24, 2.45) is 0 Å². The molecule has 1 amide bonds. The van der Waals surface area contributed by atoms with Crippen LogP contribution in [0.5, 0.6) is 5.75 Å². The van der Waals surface area contributed by atoms with Gasteiger partial charge in [-0.3, -0.25) is 9.59 Å². The number of benzene rings is 2. The highest BCUT2D eigenvalue weighted by Gasteiger charge is 2.46. The lowest BCUT2D eigenvalue weighted by Crippen LogP contribution is -2.29. The number of aliphatic hydroxyl groups is 1. The van der Waals surface area contributed by atoms with Crippen LogP contribution in [-0.2, 0) is 16.1 Å². The van der Waals surface area contributed by atoms with Gasteiger partial charge in [-0.15, -0.1) is 0 Å². The predicted octanol–water partition coefficient (Wildman–Crippen LogP) is 5.53. The summed E-state index contributed by atoms with van der Waals surface area (Å²) in [5.74, 6) is -1.14. The number of ether oxygens (including phenoxy) is 1.